The van der Waals surface area contributed by atoms with Crippen molar-refractivity contribution in [2.75, 3.05) is 5.32 Å². The minimum Gasteiger partial charge on any atom is -0.337 e. The third-order valence-corrected chi connectivity index (χ3v) is 4.03. The SMILES string of the molecule is Cc1cnc(-c2cccc(F)c2)nc1Nc1cc2c(cc1F)CN=C2. The number of hydrogen-bond donors (Lipinski definition) is 1. The lowest BCUT2D eigenvalue weighted by atomic mass is 10.1. The zero-order chi connectivity index (χ0) is 17.4. The number of benzene rings is 2. The lowest BCUT2D eigenvalue weighted by Crippen LogP contribution is -2.03. The second kappa shape index (κ2) is 6.05. The Morgan fingerprint density at radius 3 is 2.84 bits per heavy atom. The summed E-state index contributed by atoms with van der Waals surface area (Å²) in [4.78, 5) is 12.8. The van der Waals surface area contributed by atoms with Crippen molar-refractivity contribution in [3.05, 3.63) is 70.9 Å². The number of aliphatic imine (C=N–C) groups is 1. The van der Waals surface area contributed by atoms with E-state index in [1.54, 1.807) is 30.6 Å². The van der Waals surface area contributed by atoms with Gasteiger partial charge in [-0.3, -0.25) is 4.99 Å². The van der Waals surface area contributed by atoms with E-state index in [1.807, 2.05) is 6.92 Å². The Labute approximate surface area is 143 Å². The molecule has 0 spiro atoms. The molecule has 0 saturated heterocycles. The van der Waals surface area contributed by atoms with E-state index in [4.69, 9.17) is 0 Å². The molecule has 0 radical (unpaired) electrons. The minimum absolute atomic E-state index is 0.319. The molecule has 25 heavy (non-hydrogen) atoms. The maximum Gasteiger partial charge on any atom is 0.161 e. The van der Waals surface area contributed by atoms with Crippen molar-refractivity contribution in [3.8, 4) is 11.4 Å². The summed E-state index contributed by atoms with van der Waals surface area (Å²) in [5, 5.41) is 3.01. The average Bonchev–Trinajstić information content (AvgIpc) is 3.04. The van der Waals surface area contributed by atoms with Crippen molar-refractivity contribution in [2.24, 2.45) is 4.99 Å². The molecule has 0 saturated carbocycles. The number of halogens is 2. The number of rotatable bonds is 3. The van der Waals surface area contributed by atoms with Gasteiger partial charge in [-0.2, -0.15) is 0 Å². The van der Waals surface area contributed by atoms with Crippen LogP contribution in [-0.2, 0) is 6.54 Å². The smallest absolute Gasteiger partial charge is 0.161 e. The first-order valence-electron chi connectivity index (χ1n) is 7.79. The number of nitrogens with zero attached hydrogens (tertiary/aromatic N) is 3. The van der Waals surface area contributed by atoms with Crippen LogP contribution >= 0.6 is 0 Å². The highest BCUT2D eigenvalue weighted by atomic mass is 19.1. The van der Waals surface area contributed by atoms with Gasteiger partial charge in [0.25, 0.3) is 0 Å². The number of anilines is 2. The predicted molar refractivity (Wildman–Crippen MR) is 93.1 cm³/mol. The second-order valence-corrected chi connectivity index (χ2v) is 5.86. The van der Waals surface area contributed by atoms with Crippen LogP contribution in [-0.4, -0.2) is 16.2 Å². The Kier molecular flexibility index (Phi) is 3.72. The summed E-state index contributed by atoms with van der Waals surface area (Å²) in [6.07, 6.45) is 3.35. The van der Waals surface area contributed by atoms with Gasteiger partial charge < -0.3 is 5.32 Å². The summed E-state index contributed by atoms with van der Waals surface area (Å²) in [6.45, 7) is 2.33. The van der Waals surface area contributed by atoms with E-state index in [0.717, 1.165) is 16.7 Å². The molecule has 0 amide bonds. The van der Waals surface area contributed by atoms with E-state index in [9.17, 15) is 8.78 Å². The van der Waals surface area contributed by atoms with Crippen molar-refractivity contribution in [1.82, 2.24) is 9.97 Å². The molecular formula is C19H14F2N4. The highest BCUT2D eigenvalue weighted by molar-refractivity contribution is 5.86. The van der Waals surface area contributed by atoms with E-state index >= 15 is 0 Å². The van der Waals surface area contributed by atoms with Gasteiger partial charge >= 0.3 is 0 Å². The van der Waals surface area contributed by atoms with E-state index in [1.165, 1.54) is 18.2 Å². The van der Waals surface area contributed by atoms with Gasteiger partial charge in [-0.1, -0.05) is 12.1 Å². The van der Waals surface area contributed by atoms with Crippen molar-refractivity contribution >= 4 is 17.7 Å². The molecule has 1 aliphatic heterocycles. The number of fused-ring (bicyclic) bond motifs is 1. The molecule has 1 aromatic heterocycles. The molecule has 0 aliphatic carbocycles. The van der Waals surface area contributed by atoms with E-state index < -0.39 is 0 Å². The summed E-state index contributed by atoms with van der Waals surface area (Å²) < 4.78 is 27.8. The Morgan fingerprint density at radius 1 is 1.12 bits per heavy atom. The monoisotopic (exact) mass is 336 g/mol. The molecule has 124 valence electrons. The zero-order valence-electron chi connectivity index (χ0n) is 13.4. The lowest BCUT2D eigenvalue weighted by Gasteiger charge is -2.12. The van der Waals surface area contributed by atoms with Crippen LogP contribution in [0.1, 0.15) is 16.7 Å². The van der Waals surface area contributed by atoms with Gasteiger partial charge in [0.05, 0.1) is 12.2 Å². The molecule has 0 fully saturated rings. The van der Waals surface area contributed by atoms with Crippen molar-refractivity contribution in [3.63, 3.8) is 0 Å². The van der Waals surface area contributed by atoms with Crippen LogP contribution in [0.25, 0.3) is 11.4 Å². The fourth-order valence-corrected chi connectivity index (χ4v) is 2.69. The first-order valence-corrected chi connectivity index (χ1v) is 7.79. The van der Waals surface area contributed by atoms with Gasteiger partial charge in [-0.05, 0) is 42.3 Å². The molecule has 2 aromatic carbocycles. The molecule has 1 aliphatic rings. The molecule has 3 aromatic rings. The number of aryl methyl sites for hydroxylation is 1. The van der Waals surface area contributed by atoms with Crippen molar-refractivity contribution in [2.45, 2.75) is 13.5 Å². The second-order valence-electron chi connectivity index (χ2n) is 5.86. The average molecular weight is 336 g/mol. The van der Waals surface area contributed by atoms with E-state index in [2.05, 4.69) is 20.3 Å². The molecular weight excluding hydrogens is 322 g/mol. The molecule has 1 N–H and O–H groups in total. The number of aromatic nitrogens is 2. The standard InChI is InChI=1S/C19H14F2N4/c1-11-8-23-19(12-3-2-4-15(20)5-12)25-18(11)24-17-7-14-10-22-9-13(14)6-16(17)21/h2-8,10H,9H2,1H3,(H,23,24,25). The van der Waals surface area contributed by atoms with Gasteiger partial charge in [0.2, 0.25) is 0 Å². The summed E-state index contributed by atoms with van der Waals surface area (Å²) in [5.41, 5.74) is 3.39. The van der Waals surface area contributed by atoms with Crippen LogP contribution in [0.5, 0.6) is 0 Å². The quantitative estimate of drug-likeness (QED) is 0.771. The molecule has 2 heterocycles. The Morgan fingerprint density at radius 2 is 2.00 bits per heavy atom. The van der Waals surface area contributed by atoms with Crippen molar-refractivity contribution < 1.29 is 8.78 Å². The van der Waals surface area contributed by atoms with Gasteiger partial charge in [0.1, 0.15) is 17.5 Å². The maximum atomic E-state index is 14.3. The molecule has 4 rings (SSSR count). The summed E-state index contributed by atoms with van der Waals surface area (Å²) in [6, 6.07) is 9.24. The van der Waals surface area contributed by atoms with Crippen LogP contribution < -0.4 is 5.32 Å². The maximum absolute atomic E-state index is 14.3. The highest BCUT2D eigenvalue weighted by Gasteiger charge is 2.14. The minimum atomic E-state index is -0.366. The Hall–Kier alpha value is -3.15. The van der Waals surface area contributed by atoms with Gasteiger partial charge in [0, 0.05) is 23.5 Å². The van der Waals surface area contributed by atoms with E-state index in [-0.39, 0.29) is 11.6 Å². The first-order chi connectivity index (χ1) is 12.1. The summed E-state index contributed by atoms with van der Waals surface area (Å²) in [7, 11) is 0. The van der Waals surface area contributed by atoms with Crippen LogP contribution in [0.2, 0.25) is 0 Å². The summed E-state index contributed by atoms with van der Waals surface area (Å²) in [5.74, 6) is 0.119. The van der Waals surface area contributed by atoms with E-state index in [0.29, 0.717) is 29.4 Å². The van der Waals surface area contributed by atoms with Crippen LogP contribution in [0, 0.1) is 18.6 Å². The molecule has 0 unspecified atom stereocenters. The fraction of sp³-hybridized carbons (Fsp3) is 0.105. The van der Waals surface area contributed by atoms with Gasteiger partial charge in [-0.25, -0.2) is 18.7 Å². The molecule has 4 nitrogen and oxygen atoms in total. The number of hydrogen-bond acceptors (Lipinski definition) is 4. The highest BCUT2D eigenvalue weighted by Crippen LogP contribution is 2.27. The van der Waals surface area contributed by atoms with Gasteiger partial charge in [-0.15, -0.1) is 0 Å². The van der Waals surface area contributed by atoms with Gasteiger partial charge in [0.15, 0.2) is 5.82 Å². The molecule has 6 heteroatoms. The first kappa shape index (κ1) is 15.4. The molecule has 0 atom stereocenters. The molecule has 0 bridgehead atoms. The summed E-state index contributed by atoms with van der Waals surface area (Å²) >= 11 is 0. The third-order valence-electron chi connectivity index (χ3n) is 4.03. The van der Waals surface area contributed by atoms with Crippen molar-refractivity contribution in [1.29, 1.82) is 0 Å². The van der Waals surface area contributed by atoms with Crippen LogP contribution in [0.4, 0.5) is 20.3 Å². The fourth-order valence-electron chi connectivity index (χ4n) is 2.69. The number of nitrogens with one attached hydrogen (secondary N) is 1. The Balaban J connectivity index is 1.71. The zero-order valence-corrected chi connectivity index (χ0v) is 13.4. The largest absolute Gasteiger partial charge is 0.337 e. The normalized spacial score (nSPS) is 12.3. The third kappa shape index (κ3) is 2.98. The topological polar surface area (TPSA) is 50.2 Å². The predicted octanol–water partition coefficient (Wildman–Crippen LogP) is 4.41. The van der Waals surface area contributed by atoms with Crippen LogP contribution in [0.3, 0.4) is 0 Å². The lowest BCUT2D eigenvalue weighted by molar-refractivity contribution is 0.628. The van der Waals surface area contributed by atoms with Crippen LogP contribution in [0.15, 0.2) is 47.6 Å². The Bertz CT molecular complexity index is 999.